The molecule has 1 aliphatic rings. The molecule has 5 aromatic rings. The second kappa shape index (κ2) is 9.84. The third-order valence-corrected chi connectivity index (χ3v) is 8.05. The van der Waals surface area contributed by atoms with Crippen LogP contribution in [0.5, 0.6) is 0 Å². The molecule has 1 heterocycles. The van der Waals surface area contributed by atoms with Crippen LogP contribution in [0, 0.1) is 45.3 Å². The van der Waals surface area contributed by atoms with Crippen LogP contribution < -0.4 is 0 Å². The summed E-state index contributed by atoms with van der Waals surface area (Å²) in [6, 6.07) is 36.6. The lowest BCUT2D eigenvalue weighted by atomic mass is 9.70. The van der Waals surface area contributed by atoms with Crippen molar-refractivity contribution in [2.75, 3.05) is 0 Å². The Balaban J connectivity index is 1.66. The summed E-state index contributed by atoms with van der Waals surface area (Å²) >= 11 is 0. The monoisotopic (exact) mass is 501 g/mol. The van der Waals surface area contributed by atoms with Crippen LogP contribution >= 0.6 is 0 Å². The van der Waals surface area contributed by atoms with E-state index in [-0.39, 0.29) is 17.9 Å². The highest BCUT2D eigenvalue weighted by atomic mass is 15.0. The molecule has 0 saturated heterocycles. The van der Waals surface area contributed by atoms with Crippen molar-refractivity contribution in [3.8, 4) is 24.3 Å². The Morgan fingerprint density at radius 2 is 0.923 bits per heavy atom. The predicted molar refractivity (Wildman–Crippen MR) is 150 cm³/mol. The molecule has 0 spiro atoms. The molecule has 0 N–H and O–H groups in total. The van der Waals surface area contributed by atoms with Gasteiger partial charge in [0.2, 0.25) is 0 Å². The van der Waals surface area contributed by atoms with Gasteiger partial charge in [0.25, 0.3) is 0 Å². The molecule has 1 saturated carbocycles. The number of rotatable bonds is 3. The molecule has 1 aromatic heterocycles. The van der Waals surface area contributed by atoms with Gasteiger partial charge < -0.3 is 4.57 Å². The van der Waals surface area contributed by atoms with Crippen molar-refractivity contribution >= 4 is 21.8 Å². The minimum absolute atomic E-state index is 0.0136. The summed E-state index contributed by atoms with van der Waals surface area (Å²) in [7, 11) is 0. The van der Waals surface area contributed by atoms with E-state index in [0.29, 0.717) is 22.3 Å². The number of nitriles is 4. The van der Waals surface area contributed by atoms with Crippen molar-refractivity contribution < 1.29 is 0 Å². The summed E-state index contributed by atoms with van der Waals surface area (Å²) in [6.45, 7) is 0. The Bertz CT molecular complexity index is 1720. The average Bonchev–Trinajstić information content (AvgIpc) is 3.34. The van der Waals surface area contributed by atoms with Crippen LogP contribution in [0.4, 0.5) is 0 Å². The SMILES string of the molecule is N#Cc1cc(C#N)cc(C2CCCC(c3cc(C#N)cc(C#N)c3)C2n2c3ccccc3c3ccccc32)c1. The molecule has 5 nitrogen and oxygen atoms in total. The zero-order valence-electron chi connectivity index (χ0n) is 21.2. The molecule has 0 amide bonds. The van der Waals surface area contributed by atoms with E-state index in [1.54, 1.807) is 12.1 Å². The second-order valence-electron chi connectivity index (χ2n) is 10.2. The van der Waals surface area contributed by atoms with Crippen LogP contribution in [-0.2, 0) is 0 Å². The lowest BCUT2D eigenvalue weighted by Gasteiger charge is -2.41. The quantitative estimate of drug-likeness (QED) is 0.254. The van der Waals surface area contributed by atoms with Gasteiger partial charge >= 0.3 is 0 Å². The first kappa shape index (κ1) is 24.0. The largest absolute Gasteiger partial charge is 0.336 e. The molecule has 1 fully saturated rings. The number of nitrogens with zero attached hydrogens (tertiary/aromatic N) is 5. The van der Waals surface area contributed by atoms with E-state index in [9.17, 15) is 21.0 Å². The fourth-order valence-corrected chi connectivity index (χ4v) is 6.53. The summed E-state index contributed by atoms with van der Waals surface area (Å²) in [5.74, 6) is 0.0271. The van der Waals surface area contributed by atoms with Gasteiger partial charge in [0.05, 0.1) is 46.5 Å². The van der Waals surface area contributed by atoms with Crippen molar-refractivity contribution in [1.29, 1.82) is 21.0 Å². The minimum Gasteiger partial charge on any atom is -0.336 e. The summed E-state index contributed by atoms with van der Waals surface area (Å²) in [5, 5.41) is 41.3. The molecule has 39 heavy (non-hydrogen) atoms. The molecular formula is C34H23N5. The average molecular weight is 502 g/mol. The third-order valence-electron chi connectivity index (χ3n) is 8.05. The van der Waals surface area contributed by atoms with E-state index in [1.807, 2.05) is 24.3 Å². The van der Waals surface area contributed by atoms with E-state index < -0.39 is 0 Å². The van der Waals surface area contributed by atoms with Gasteiger partial charge in [-0.05, 0) is 72.5 Å². The van der Waals surface area contributed by atoms with E-state index in [2.05, 4.69) is 77.4 Å². The van der Waals surface area contributed by atoms with Gasteiger partial charge in [-0.25, -0.2) is 0 Å². The van der Waals surface area contributed by atoms with Crippen molar-refractivity contribution in [2.45, 2.75) is 37.1 Å². The molecule has 4 aromatic carbocycles. The highest BCUT2D eigenvalue weighted by molar-refractivity contribution is 6.08. The van der Waals surface area contributed by atoms with Gasteiger partial charge in [-0.15, -0.1) is 0 Å². The first-order valence-electron chi connectivity index (χ1n) is 13.0. The molecule has 0 aliphatic heterocycles. The van der Waals surface area contributed by atoms with Crippen LogP contribution in [0.2, 0.25) is 0 Å². The topological polar surface area (TPSA) is 100 Å². The number of benzene rings is 4. The van der Waals surface area contributed by atoms with Crippen molar-refractivity contribution in [1.82, 2.24) is 4.57 Å². The summed E-state index contributed by atoms with van der Waals surface area (Å²) in [6.07, 6.45) is 2.73. The molecule has 6 rings (SSSR count). The highest BCUT2D eigenvalue weighted by Gasteiger charge is 2.38. The van der Waals surface area contributed by atoms with Crippen LogP contribution in [0.3, 0.4) is 0 Å². The van der Waals surface area contributed by atoms with Crippen LogP contribution in [0.15, 0.2) is 84.9 Å². The normalized spacial score (nSPS) is 18.6. The van der Waals surface area contributed by atoms with Gasteiger partial charge in [0, 0.05) is 39.7 Å². The fraction of sp³-hybridized carbons (Fsp3) is 0.176. The fourth-order valence-electron chi connectivity index (χ4n) is 6.53. The van der Waals surface area contributed by atoms with Crippen molar-refractivity contribution in [3.63, 3.8) is 0 Å². The van der Waals surface area contributed by atoms with E-state index in [0.717, 1.165) is 41.4 Å². The van der Waals surface area contributed by atoms with Gasteiger partial charge in [0.1, 0.15) is 0 Å². The molecule has 1 aliphatic carbocycles. The molecule has 2 unspecified atom stereocenters. The molecule has 2 atom stereocenters. The molecule has 0 bridgehead atoms. The maximum Gasteiger partial charge on any atom is 0.0992 e. The van der Waals surface area contributed by atoms with Gasteiger partial charge in [-0.3, -0.25) is 0 Å². The Morgan fingerprint density at radius 3 is 1.31 bits per heavy atom. The van der Waals surface area contributed by atoms with E-state index in [1.165, 1.54) is 10.8 Å². The number of hydrogen-bond donors (Lipinski definition) is 0. The molecule has 0 radical (unpaired) electrons. The highest BCUT2D eigenvalue weighted by Crippen LogP contribution is 2.52. The summed E-state index contributed by atoms with van der Waals surface area (Å²) in [4.78, 5) is 0. The lowest BCUT2D eigenvalue weighted by Crippen LogP contribution is -2.29. The van der Waals surface area contributed by atoms with Crippen LogP contribution in [0.1, 0.15) is 70.5 Å². The Kier molecular flexibility index (Phi) is 6.05. The van der Waals surface area contributed by atoms with Crippen molar-refractivity contribution in [2.24, 2.45) is 0 Å². The standard InChI is InChI=1S/C34H23N5/c35-18-22-12-23(19-36)15-26(14-22)28-8-5-9-29(27-16-24(20-37)13-25(17-27)21-38)34(28)39-32-10-3-1-6-30(32)31-7-2-4-11-33(31)39/h1-4,6-7,10-17,28-29,34H,5,8-9H2. The van der Waals surface area contributed by atoms with Gasteiger partial charge in [-0.1, -0.05) is 42.8 Å². The summed E-state index contributed by atoms with van der Waals surface area (Å²) < 4.78 is 2.43. The zero-order chi connectivity index (χ0) is 26.9. The first-order chi connectivity index (χ1) is 19.1. The number of para-hydroxylation sites is 2. The lowest BCUT2D eigenvalue weighted by molar-refractivity contribution is 0.274. The maximum atomic E-state index is 9.73. The third kappa shape index (κ3) is 4.08. The zero-order valence-corrected chi connectivity index (χ0v) is 21.2. The van der Waals surface area contributed by atoms with Gasteiger partial charge in [-0.2, -0.15) is 21.0 Å². The first-order valence-corrected chi connectivity index (χ1v) is 13.0. The number of aromatic nitrogens is 1. The number of hydrogen-bond acceptors (Lipinski definition) is 4. The molecule has 184 valence electrons. The van der Waals surface area contributed by atoms with Crippen LogP contribution in [0.25, 0.3) is 21.8 Å². The Morgan fingerprint density at radius 1 is 0.538 bits per heavy atom. The molecule has 5 heteroatoms. The van der Waals surface area contributed by atoms with E-state index >= 15 is 0 Å². The smallest absolute Gasteiger partial charge is 0.0992 e. The number of fused-ring (bicyclic) bond motifs is 3. The minimum atomic E-state index is -0.0653. The van der Waals surface area contributed by atoms with E-state index in [4.69, 9.17) is 0 Å². The molecular weight excluding hydrogens is 478 g/mol. The Hall–Kier alpha value is -5.36. The Labute approximate surface area is 227 Å². The van der Waals surface area contributed by atoms with Gasteiger partial charge in [0.15, 0.2) is 0 Å². The van der Waals surface area contributed by atoms with Crippen LogP contribution in [-0.4, -0.2) is 4.57 Å². The second-order valence-corrected chi connectivity index (χ2v) is 10.2. The predicted octanol–water partition coefficient (Wildman–Crippen LogP) is 7.57. The summed E-state index contributed by atoms with van der Waals surface area (Å²) in [5.41, 5.74) is 6.09. The maximum absolute atomic E-state index is 9.73. The van der Waals surface area contributed by atoms with Crippen molar-refractivity contribution in [3.05, 3.63) is 118 Å².